The Morgan fingerprint density at radius 1 is 0.268 bits per heavy atom. The van der Waals surface area contributed by atoms with Gasteiger partial charge in [-0.15, -0.1) is 0 Å². The molecule has 56 heavy (non-hydrogen) atoms. The lowest BCUT2D eigenvalue weighted by Crippen LogP contribution is -2.15. The second kappa shape index (κ2) is 14.7. The Kier molecular flexibility index (Phi) is 9.56. The first-order chi connectivity index (χ1) is 26.8. The lowest BCUT2D eigenvalue weighted by Gasteiger charge is -2.32. The lowest BCUT2D eigenvalue weighted by molar-refractivity contribution is 1.18. The van der Waals surface area contributed by atoms with E-state index in [-0.39, 0.29) is 7.43 Å². The minimum absolute atomic E-state index is 0. The molecule has 1 heteroatoms. The van der Waals surface area contributed by atoms with E-state index in [9.17, 15) is 0 Å². The van der Waals surface area contributed by atoms with E-state index in [0.29, 0.717) is 0 Å². The lowest BCUT2D eigenvalue weighted by atomic mass is 9.90. The van der Waals surface area contributed by atoms with E-state index >= 15 is 0 Å². The van der Waals surface area contributed by atoms with E-state index in [1.165, 1.54) is 116 Å². The Morgan fingerprint density at radius 2 is 0.536 bits per heavy atom. The van der Waals surface area contributed by atoms with Gasteiger partial charge in [-0.05, 0) is 177 Å². The number of hydrogen-bond acceptors (Lipinski definition) is 1. The molecule has 0 heterocycles. The van der Waals surface area contributed by atoms with Crippen molar-refractivity contribution in [3.05, 3.63) is 197 Å². The highest BCUT2D eigenvalue weighted by atomic mass is 15.1. The Morgan fingerprint density at radius 3 is 0.839 bits per heavy atom. The van der Waals surface area contributed by atoms with Crippen LogP contribution in [0.25, 0.3) is 65.7 Å². The maximum Gasteiger partial charge on any atom is 0.0494 e. The topological polar surface area (TPSA) is 3.24 Å². The van der Waals surface area contributed by atoms with Crippen LogP contribution in [-0.2, 0) is 0 Å². The third-order valence-corrected chi connectivity index (χ3v) is 11.6. The summed E-state index contributed by atoms with van der Waals surface area (Å²) in [5.74, 6) is 0. The molecule has 9 aromatic rings. The van der Waals surface area contributed by atoms with E-state index in [0.717, 1.165) is 0 Å². The molecule has 0 aliphatic heterocycles. The molecule has 9 aromatic carbocycles. The SMILES string of the molecule is C.Cc1cc(N(c2cc(C)c(-c3cccc4ccccc34)cc2C)c2cc(C)c(-c3cccc4ccccc34)cc2C)c(C)cc1-c1cccc2ccccc12. The fourth-order valence-electron chi connectivity index (χ4n) is 8.77. The van der Waals surface area contributed by atoms with Gasteiger partial charge in [0.1, 0.15) is 0 Å². The highest BCUT2D eigenvalue weighted by Gasteiger charge is 2.23. The van der Waals surface area contributed by atoms with Crippen LogP contribution < -0.4 is 4.90 Å². The summed E-state index contributed by atoms with van der Waals surface area (Å²) < 4.78 is 0. The monoisotopic (exact) mass is 723 g/mol. The predicted molar refractivity (Wildman–Crippen MR) is 245 cm³/mol. The van der Waals surface area contributed by atoms with Crippen molar-refractivity contribution >= 4 is 49.4 Å². The van der Waals surface area contributed by atoms with Crippen LogP contribution in [0.3, 0.4) is 0 Å². The van der Waals surface area contributed by atoms with Gasteiger partial charge in [0, 0.05) is 17.1 Å². The first-order valence-corrected chi connectivity index (χ1v) is 19.3. The predicted octanol–water partition coefficient (Wildman–Crippen LogP) is 16.1. The average Bonchev–Trinajstić information content (AvgIpc) is 3.21. The van der Waals surface area contributed by atoms with Gasteiger partial charge in [0.25, 0.3) is 0 Å². The molecule has 0 spiro atoms. The van der Waals surface area contributed by atoms with Gasteiger partial charge >= 0.3 is 0 Å². The number of fused-ring (bicyclic) bond motifs is 3. The van der Waals surface area contributed by atoms with Gasteiger partial charge in [0.15, 0.2) is 0 Å². The fraction of sp³-hybridized carbons (Fsp3) is 0.127. The molecular formula is C55H49N. The summed E-state index contributed by atoms with van der Waals surface area (Å²) in [6.45, 7) is 13.6. The molecule has 0 bridgehead atoms. The summed E-state index contributed by atoms with van der Waals surface area (Å²) >= 11 is 0. The standard InChI is InChI=1S/C54H45N.CH4/c1-34-31-52(37(4)28-49(34)46-25-13-19-40-16-7-10-22-43(40)46)55(53-32-35(2)50(29-38(53)5)47-26-14-20-41-17-8-11-23-44(41)47)54-33-36(3)51(30-39(54)6)48-27-15-21-42-18-9-12-24-45(42)48;/h7-33H,1-6H3;1H4. The molecule has 0 unspecified atom stereocenters. The molecule has 0 atom stereocenters. The number of aryl methyl sites for hydroxylation is 6. The number of rotatable bonds is 6. The molecule has 0 saturated heterocycles. The van der Waals surface area contributed by atoms with Gasteiger partial charge < -0.3 is 4.90 Å². The maximum absolute atomic E-state index is 2.53. The van der Waals surface area contributed by atoms with Crippen molar-refractivity contribution in [2.24, 2.45) is 0 Å². The van der Waals surface area contributed by atoms with Crippen molar-refractivity contribution in [3.8, 4) is 33.4 Å². The molecule has 0 aliphatic rings. The first-order valence-electron chi connectivity index (χ1n) is 19.3. The van der Waals surface area contributed by atoms with Crippen LogP contribution >= 0.6 is 0 Å². The number of benzene rings is 9. The molecule has 0 aliphatic carbocycles. The van der Waals surface area contributed by atoms with E-state index in [1.807, 2.05) is 0 Å². The molecule has 0 N–H and O–H groups in total. The van der Waals surface area contributed by atoms with Gasteiger partial charge in [-0.1, -0.05) is 135 Å². The van der Waals surface area contributed by atoms with Gasteiger partial charge in [0.2, 0.25) is 0 Å². The Balaban J connectivity index is 0.00000441. The molecule has 0 aromatic heterocycles. The Bertz CT molecular complexity index is 2610. The van der Waals surface area contributed by atoms with E-state index in [4.69, 9.17) is 0 Å². The van der Waals surface area contributed by atoms with Gasteiger partial charge in [-0.2, -0.15) is 0 Å². The minimum atomic E-state index is 0. The smallest absolute Gasteiger partial charge is 0.0494 e. The zero-order valence-corrected chi connectivity index (χ0v) is 32.5. The van der Waals surface area contributed by atoms with Crippen molar-refractivity contribution in [2.45, 2.75) is 49.0 Å². The third-order valence-electron chi connectivity index (χ3n) is 11.6. The third kappa shape index (κ3) is 6.24. The number of anilines is 3. The number of nitrogens with zero attached hydrogens (tertiary/aromatic N) is 1. The van der Waals surface area contributed by atoms with Gasteiger partial charge in [-0.3, -0.25) is 0 Å². The fourth-order valence-corrected chi connectivity index (χ4v) is 8.77. The van der Waals surface area contributed by atoms with E-state index in [2.05, 4.69) is 210 Å². The second-order valence-corrected chi connectivity index (χ2v) is 15.3. The molecule has 0 amide bonds. The summed E-state index contributed by atoms with van der Waals surface area (Å²) in [5.41, 5.74) is 18.7. The molecule has 0 radical (unpaired) electrons. The summed E-state index contributed by atoms with van der Waals surface area (Å²) in [6.07, 6.45) is 0. The van der Waals surface area contributed by atoms with Crippen LogP contribution in [0.15, 0.2) is 164 Å². The maximum atomic E-state index is 2.53. The van der Waals surface area contributed by atoms with Crippen molar-refractivity contribution in [1.29, 1.82) is 0 Å². The van der Waals surface area contributed by atoms with Crippen molar-refractivity contribution < 1.29 is 0 Å². The zero-order chi connectivity index (χ0) is 37.8. The van der Waals surface area contributed by atoms with E-state index < -0.39 is 0 Å². The summed E-state index contributed by atoms with van der Waals surface area (Å²) in [5, 5.41) is 7.63. The van der Waals surface area contributed by atoms with Crippen LogP contribution in [0.5, 0.6) is 0 Å². The molecule has 1 nitrogen and oxygen atoms in total. The van der Waals surface area contributed by atoms with Crippen LogP contribution in [0, 0.1) is 41.5 Å². The van der Waals surface area contributed by atoms with E-state index in [1.54, 1.807) is 0 Å². The zero-order valence-electron chi connectivity index (χ0n) is 32.5. The largest absolute Gasteiger partial charge is 0.310 e. The summed E-state index contributed by atoms with van der Waals surface area (Å²) in [7, 11) is 0. The summed E-state index contributed by atoms with van der Waals surface area (Å²) in [4.78, 5) is 2.53. The molecule has 274 valence electrons. The highest BCUT2D eigenvalue weighted by Crippen LogP contribution is 2.46. The number of hydrogen-bond donors (Lipinski definition) is 0. The minimum Gasteiger partial charge on any atom is -0.310 e. The second-order valence-electron chi connectivity index (χ2n) is 15.3. The molecule has 9 rings (SSSR count). The van der Waals surface area contributed by atoms with Crippen molar-refractivity contribution in [3.63, 3.8) is 0 Å². The van der Waals surface area contributed by atoms with Crippen LogP contribution in [0.1, 0.15) is 40.8 Å². The van der Waals surface area contributed by atoms with Crippen molar-refractivity contribution in [1.82, 2.24) is 0 Å². The van der Waals surface area contributed by atoms with Gasteiger partial charge in [0.05, 0.1) is 0 Å². The van der Waals surface area contributed by atoms with Gasteiger partial charge in [-0.25, -0.2) is 0 Å². The molecule has 0 saturated carbocycles. The van der Waals surface area contributed by atoms with Crippen LogP contribution in [0.4, 0.5) is 17.1 Å². The molecular weight excluding hydrogens is 675 g/mol. The Hall–Kier alpha value is -6.44. The molecule has 0 fully saturated rings. The average molecular weight is 724 g/mol. The first kappa shape index (κ1) is 36.5. The summed E-state index contributed by atoms with van der Waals surface area (Å²) in [6, 6.07) is 60.5. The highest BCUT2D eigenvalue weighted by molar-refractivity contribution is 6.01. The van der Waals surface area contributed by atoms with Crippen molar-refractivity contribution in [2.75, 3.05) is 4.90 Å². The quantitative estimate of drug-likeness (QED) is 0.165. The normalized spacial score (nSPS) is 11.2. The Labute approximate surface area is 332 Å². The van der Waals surface area contributed by atoms with Crippen LogP contribution in [0.2, 0.25) is 0 Å². The van der Waals surface area contributed by atoms with Crippen LogP contribution in [-0.4, -0.2) is 0 Å².